The highest BCUT2D eigenvalue weighted by molar-refractivity contribution is 6.01. The zero-order valence-corrected chi connectivity index (χ0v) is 22.3. The van der Waals surface area contributed by atoms with Crippen LogP contribution in [-0.2, 0) is 14.3 Å². The number of alkyl carbamates (subject to hydrolysis) is 1. The number of nitrogens with one attached hydrogen (secondary N) is 2. The topological polar surface area (TPSA) is 152 Å². The van der Waals surface area contributed by atoms with Crippen LogP contribution in [0.15, 0.2) is 60.7 Å². The van der Waals surface area contributed by atoms with E-state index in [1.165, 1.54) is 6.07 Å². The van der Waals surface area contributed by atoms with Crippen molar-refractivity contribution in [3.05, 3.63) is 71.8 Å². The van der Waals surface area contributed by atoms with Crippen LogP contribution in [-0.4, -0.2) is 57.8 Å². The van der Waals surface area contributed by atoms with E-state index >= 15 is 0 Å². The van der Waals surface area contributed by atoms with Crippen LogP contribution in [0.25, 0.3) is 10.8 Å². The maximum absolute atomic E-state index is 13.8. The van der Waals surface area contributed by atoms with Crippen molar-refractivity contribution < 1.29 is 29.3 Å². The standard InChI is InChI=1S/C29H32N4O6/c1-18-8-7-11-22(25(18)35)24(26(36)31-21-13-12-19-9-5-6-10-20(19)16-21)33(15-14-30)27(37)23(17-34)32-28(38)39-29(2,3)4/h5-13,16,23-24,34-35H,15,17H2,1-4H3,(H,31,36)(H,32,38). The first kappa shape index (κ1) is 28.9. The fraction of sp³-hybridized carbons (Fsp3) is 0.310. The summed E-state index contributed by atoms with van der Waals surface area (Å²) in [6.07, 6.45) is -0.956. The minimum Gasteiger partial charge on any atom is -0.507 e. The van der Waals surface area contributed by atoms with Crippen LogP contribution in [0, 0.1) is 18.3 Å². The number of para-hydroxylation sites is 1. The van der Waals surface area contributed by atoms with Gasteiger partial charge in [0.15, 0.2) is 0 Å². The maximum Gasteiger partial charge on any atom is 0.408 e. The van der Waals surface area contributed by atoms with Crippen LogP contribution in [0.5, 0.6) is 5.75 Å². The normalized spacial score (nSPS) is 12.6. The Bertz CT molecular complexity index is 1410. The fourth-order valence-corrected chi connectivity index (χ4v) is 4.04. The van der Waals surface area contributed by atoms with Crippen molar-refractivity contribution in [1.29, 1.82) is 5.26 Å². The molecule has 0 aliphatic carbocycles. The molecule has 39 heavy (non-hydrogen) atoms. The first-order chi connectivity index (χ1) is 18.4. The number of carbonyl (C=O) groups excluding carboxylic acids is 3. The van der Waals surface area contributed by atoms with E-state index in [2.05, 4.69) is 10.6 Å². The van der Waals surface area contributed by atoms with E-state index in [0.29, 0.717) is 11.3 Å². The van der Waals surface area contributed by atoms with Crippen LogP contribution in [0.2, 0.25) is 0 Å². The number of fused-ring (bicyclic) bond motifs is 1. The molecule has 0 saturated heterocycles. The average molecular weight is 533 g/mol. The van der Waals surface area contributed by atoms with Crippen molar-refractivity contribution in [2.45, 2.75) is 45.4 Å². The van der Waals surface area contributed by atoms with Gasteiger partial charge in [0.25, 0.3) is 5.91 Å². The van der Waals surface area contributed by atoms with Gasteiger partial charge < -0.3 is 30.5 Å². The third-order valence-electron chi connectivity index (χ3n) is 5.84. The highest BCUT2D eigenvalue weighted by Gasteiger charge is 2.37. The van der Waals surface area contributed by atoms with Gasteiger partial charge in [-0.15, -0.1) is 0 Å². The molecule has 3 amide bonds. The van der Waals surface area contributed by atoms with Crippen molar-refractivity contribution in [2.24, 2.45) is 0 Å². The van der Waals surface area contributed by atoms with E-state index < -0.39 is 48.7 Å². The molecule has 3 aromatic carbocycles. The van der Waals surface area contributed by atoms with E-state index in [-0.39, 0.29) is 11.3 Å². The number of aliphatic hydroxyl groups is 1. The summed E-state index contributed by atoms with van der Waals surface area (Å²) in [5.41, 5.74) is 0.0948. The van der Waals surface area contributed by atoms with Gasteiger partial charge in [-0.25, -0.2) is 4.79 Å². The quantitative estimate of drug-likeness (QED) is 0.322. The Kier molecular flexibility index (Phi) is 9.12. The fourth-order valence-electron chi connectivity index (χ4n) is 4.04. The van der Waals surface area contributed by atoms with E-state index in [0.717, 1.165) is 15.7 Å². The monoisotopic (exact) mass is 532 g/mol. The Labute approximate surface area is 226 Å². The van der Waals surface area contributed by atoms with Gasteiger partial charge in [-0.1, -0.05) is 48.5 Å². The molecule has 0 heterocycles. The molecule has 2 atom stereocenters. The number of anilines is 1. The molecule has 10 heteroatoms. The molecule has 10 nitrogen and oxygen atoms in total. The molecule has 0 bridgehead atoms. The summed E-state index contributed by atoms with van der Waals surface area (Å²) in [5, 5.41) is 37.3. The average Bonchev–Trinajstić information content (AvgIpc) is 2.87. The van der Waals surface area contributed by atoms with Gasteiger partial charge in [-0.2, -0.15) is 5.26 Å². The SMILES string of the molecule is Cc1cccc(C(C(=O)Nc2ccc3ccccc3c2)N(CC#N)C(=O)C(CO)NC(=O)OC(C)(C)C)c1O. The number of nitrogens with zero attached hydrogens (tertiary/aromatic N) is 2. The molecule has 0 aliphatic heterocycles. The Hall–Kier alpha value is -4.62. The number of rotatable bonds is 8. The van der Waals surface area contributed by atoms with Crippen LogP contribution >= 0.6 is 0 Å². The lowest BCUT2D eigenvalue weighted by molar-refractivity contribution is -0.140. The van der Waals surface area contributed by atoms with Crippen molar-refractivity contribution >= 4 is 34.4 Å². The van der Waals surface area contributed by atoms with Gasteiger partial charge in [0.05, 0.1) is 12.7 Å². The Morgan fingerprint density at radius 2 is 1.74 bits per heavy atom. The molecule has 0 fully saturated rings. The van der Waals surface area contributed by atoms with E-state index in [4.69, 9.17) is 4.74 Å². The van der Waals surface area contributed by atoms with Crippen LogP contribution in [0.3, 0.4) is 0 Å². The highest BCUT2D eigenvalue weighted by atomic mass is 16.6. The summed E-state index contributed by atoms with van der Waals surface area (Å²) in [6, 6.07) is 16.4. The summed E-state index contributed by atoms with van der Waals surface area (Å²) < 4.78 is 5.19. The maximum atomic E-state index is 13.8. The molecular formula is C29H32N4O6. The molecule has 3 rings (SSSR count). The molecular weight excluding hydrogens is 500 g/mol. The summed E-state index contributed by atoms with van der Waals surface area (Å²) in [6.45, 7) is 5.15. The van der Waals surface area contributed by atoms with Gasteiger partial charge >= 0.3 is 6.09 Å². The third kappa shape index (κ3) is 7.24. The van der Waals surface area contributed by atoms with Gasteiger partial charge in [0.1, 0.15) is 30.0 Å². The number of phenols is 1. The molecule has 0 aliphatic rings. The van der Waals surface area contributed by atoms with Gasteiger partial charge in [0.2, 0.25) is 5.91 Å². The number of phenolic OH excluding ortho intramolecular Hbond substituents is 1. The van der Waals surface area contributed by atoms with E-state index in [9.17, 15) is 29.9 Å². The molecule has 204 valence electrons. The second-order valence-corrected chi connectivity index (χ2v) is 9.97. The molecule has 0 saturated carbocycles. The number of aryl methyl sites for hydroxylation is 1. The van der Waals surface area contributed by atoms with Gasteiger partial charge in [-0.05, 0) is 56.2 Å². The highest BCUT2D eigenvalue weighted by Crippen LogP contribution is 2.33. The predicted octanol–water partition coefficient (Wildman–Crippen LogP) is 3.77. The number of nitriles is 1. The second-order valence-electron chi connectivity index (χ2n) is 9.97. The summed E-state index contributed by atoms with van der Waals surface area (Å²) in [7, 11) is 0. The van der Waals surface area contributed by atoms with E-state index in [1.807, 2.05) is 36.4 Å². The predicted molar refractivity (Wildman–Crippen MR) is 146 cm³/mol. The van der Waals surface area contributed by atoms with Crippen molar-refractivity contribution in [3.63, 3.8) is 0 Å². The summed E-state index contributed by atoms with van der Waals surface area (Å²) >= 11 is 0. The Morgan fingerprint density at radius 1 is 1.05 bits per heavy atom. The molecule has 0 spiro atoms. The molecule has 3 aromatic rings. The van der Waals surface area contributed by atoms with Crippen molar-refractivity contribution in [2.75, 3.05) is 18.5 Å². The lowest BCUT2D eigenvalue weighted by Gasteiger charge is -2.32. The molecule has 4 N–H and O–H groups in total. The third-order valence-corrected chi connectivity index (χ3v) is 5.84. The Balaban J connectivity index is 2.01. The first-order valence-electron chi connectivity index (χ1n) is 12.3. The van der Waals surface area contributed by atoms with Crippen LogP contribution < -0.4 is 10.6 Å². The number of aliphatic hydroxyl groups excluding tert-OH is 1. The first-order valence-corrected chi connectivity index (χ1v) is 12.3. The minimum atomic E-state index is -1.52. The van der Waals surface area contributed by atoms with Crippen molar-refractivity contribution in [1.82, 2.24) is 10.2 Å². The molecule has 2 unspecified atom stereocenters. The summed E-state index contributed by atoms with van der Waals surface area (Å²) in [4.78, 5) is 40.6. The van der Waals surface area contributed by atoms with Crippen LogP contribution in [0.4, 0.5) is 10.5 Å². The number of carbonyl (C=O) groups is 3. The molecule has 0 aromatic heterocycles. The minimum absolute atomic E-state index is 0.0749. The zero-order valence-electron chi connectivity index (χ0n) is 22.3. The largest absolute Gasteiger partial charge is 0.507 e. The Morgan fingerprint density at radius 3 is 2.38 bits per heavy atom. The number of benzene rings is 3. The lowest BCUT2D eigenvalue weighted by atomic mass is 9.99. The van der Waals surface area contributed by atoms with Gasteiger partial charge in [-0.3, -0.25) is 9.59 Å². The van der Waals surface area contributed by atoms with Crippen LogP contribution in [0.1, 0.15) is 37.9 Å². The van der Waals surface area contributed by atoms with E-state index in [1.54, 1.807) is 52.0 Å². The summed E-state index contributed by atoms with van der Waals surface area (Å²) in [5.74, 6) is -1.85. The second kappa shape index (κ2) is 12.3. The number of ether oxygens (including phenoxy) is 1. The number of hydrogen-bond donors (Lipinski definition) is 4. The van der Waals surface area contributed by atoms with Gasteiger partial charge in [0, 0.05) is 11.3 Å². The number of amides is 3. The molecule has 0 radical (unpaired) electrons. The number of aromatic hydroxyl groups is 1. The zero-order chi connectivity index (χ0) is 28.7. The lowest BCUT2D eigenvalue weighted by Crippen LogP contribution is -2.54. The number of hydrogen-bond acceptors (Lipinski definition) is 7. The van der Waals surface area contributed by atoms with Crippen molar-refractivity contribution in [3.8, 4) is 11.8 Å². The smallest absolute Gasteiger partial charge is 0.408 e.